The lowest BCUT2D eigenvalue weighted by Crippen LogP contribution is -1.99. The van der Waals surface area contributed by atoms with E-state index in [0.29, 0.717) is 5.56 Å². The third kappa shape index (κ3) is 2.90. The molecular weight excluding hydrogens is 263 g/mol. The molecule has 3 heteroatoms. The lowest BCUT2D eigenvalue weighted by molar-refractivity contribution is 0.411. The first-order valence-electron chi connectivity index (χ1n) is 6.07. The first-order chi connectivity index (χ1) is 9.02. The summed E-state index contributed by atoms with van der Waals surface area (Å²) in [7, 11) is 1.62. The molecule has 100 valence electrons. The van der Waals surface area contributed by atoms with Crippen LogP contribution in [0.5, 0.6) is 5.75 Å². The maximum atomic E-state index is 13.9. The molecule has 0 bridgehead atoms. The second-order valence-electron chi connectivity index (χ2n) is 4.62. The Kier molecular flexibility index (Phi) is 4.11. The SMILES string of the molecule is COc1ccc(C(Cl)c2ccc(C)cc2F)cc1C. The predicted octanol–water partition coefficient (Wildman–Crippen LogP) is 4.78. The van der Waals surface area contributed by atoms with Crippen molar-refractivity contribution in [1.29, 1.82) is 0 Å². The molecule has 1 atom stereocenters. The zero-order valence-corrected chi connectivity index (χ0v) is 12.0. The van der Waals surface area contributed by atoms with Crippen LogP contribution in [-0.2, 0) is 0 Å². The van der Waals surface area contributed by atoms with Crippen LogP contribution < -0.4 is 4.74 Å². The number of benzene rings is 2. The fourth-order valence-corrected chi connectivity index (χ4v) is 2.39. The van der Waals surface area contributed by atoms with Crippen LogP contribution in [0.4, 0.5) is 4.39 Å². The van der Waals surface area contributed by atoms with Crippen molar-refractivity contribution in [2.75, 3.05) is 7.11 Å². The van der Waals surface area contributed by atoms with Crippen LogP contribution in [0.15, 0.2) is 36.4 Å². The highest BCUT2D eigenvalue weighted by Gasteiger charge is 2.16. The molecule has 1 unspecified atom stereocenters. The molecule has 0 radical (unpaired) electrons. The fraction of sp³-hybridized carbons (Fsp3) is 0.250. The van der Waals surface area contributed by atoms with Gasteiger partial charge in [0, 0.05) is 5.56 Å². The molecular formula is C16H16ClFO. The van der Waals surface area contributed by atoms with Crippen molar-refractivity contribution in [2.24, 2.45) is 0 Å². The van der Waals surface area contributed by atoms with E-state index in [9.17, 15) is 4.39 Å². The number of rotatable bonds is 3. The average Bonchev–Trinajstić information content (AvgIpc) is 2.38. The summed E-state index contributed by atoms with van der Waals surface area (Å²) >= 11 is 6.38. The van der Waals surface area contributed by atoms with E-state index in [4.69, 9.17) is 16.3 Å². The van der Waals surface area contributed by atoms with Gasteiger partial charge >= 0.3 is 0 Å². The van der Waals surface area contributed by atoms with Crippen molar-refractivity contribution >= 4 is 11.6 Å². The third-order valence-electron chi connectivity index (χ3n) is 3.14. The number of ether oxygens (including phenoxy) is 1. The summed E-state index contributed by atoms with van der Waals surface area (Å²) in [5.74, 6) is 0.533. The second kappa shape index (κ2) is 5.62. The van der Waals surface area contributed by atoms with Crippen molar-refractivity contribution in [3.8, 4) is 5.75 Å². The van der Waals surface area contributed by atoms with Gasteiger partial charge in [-0.15, -0.1) is 11.6 Å². The van der Waals surface area contributed by atoms with Crippen LogP contribution in [0.2, 0.25) is 0 Å². The molecule has 0 saturated heterocycles. The molecule has 0 aliphatic rings. The molecule has 0 N–H and O–H groups in total. The zero-order valence-electron chi connectivity index (χ0n) is 11.2. The Hall–Kier alpha value is -1.54. The monoisotopic (exact) mass is 278 g/mol. The maximum Gasteiger partial charge on any atom is 0.128 e. The van der Waals surface area contributed by atoms with Crippen molar-refractivity contribution in [3.05, 3.63) is 64.5 Å². The molecule has 2 aromatic rings. The second-order valence-corrected chi connectivity index (χ2v) is 5.05. The Balaban J connectivity index is 2.38. The number of alkyl halides is 1. The summed E-state index contributed by atoms with van der Waals surface area (Å²) in [5.41, 5.74) is 3.23. The van der Waals surface area contributed by atoms with Gasteiger partial charge < -0.3 is 4.74 Å². The van der Waals surface area contributed by atoms with Gasteiger partial charge in [-0.1, -0.05) is 24.3 Å². The number of hydrogen-bond donors (Lipinski definition) is 0. The lowest BCUT2D eigenvalue weighted by atomic mass is 10.0. The molecule has 0 aliphatic carbocycles. The molecule has 2 rings (SSSR count). The Morgan fingerprint density at radius 1 is 1.11 bits per heavy atom. The largest absolute Gasteiger partial charge is 0.496 e. The molecule has 0 fully saturated rings. The van der Waals surface area contributed by atoms with Gasteiger partial charge in [0.05, 0.1) is 12.5 Å². The minimum Gasteiger partial charge on any atom is -0.496 e. The number of hydrogen-bond acceptors (Lipinski definition) is 1. The summed E-state index contributed by atoms with van der Waals surface area (Å²) in [4.78, 5) is 0. The van der Waals surface area contributed by atoms with Crippen LogP contribution >= 0.6 is 11.6 Å². The predicted molar refractivity (Wildman–Crippen MR) is 76.6 cm³/mol. The van der Waals surface area contributed by atoms with E-state index in [1.165, 1.54) is 6.07 Å². The van der Waals surface area contributed by atoms with Gasteiger partial charge in [-0.3, -0.25) is 0 Å². The number of halogens is 2. The third-order valence-corrected chi connectivity index (χ3v) is 3.63. The molecule has 1 nitrogen and oxygen atoms in total. The highest BCUT2D eigenvalue weighted by Crippen LogP contribution is 2.33. The molecule has 0 aliphatic heterocycles. The molecule has 0 saturated carbocycles. The standard InChI is InChI=1S/C16H16ClFO/c1-10-4-6-13(14(18)8-10)16(17)12-5-7-15(19-3)11(2)9-12/h4-9,16H,1-3H3. The van der Waals surface area contributed by atoms with E-state index in [1.54, 1.807) is 13.2 Å². The van der Waals surface area contributed by atoms with Gasteiger partial charge in [0.2, 0.25) is 0 Å². The van der Waals surface area contributed by atoms with Crippen LogP contribution in [0.1, 0.15) is 27.6 Å². The zero-order chi connectivity index (χ0) is 14.0. The van der Waals surface area contributed by atoms with Crippen molar-refractivity contribution in [2.45, 2.75) is 19.2 Å². The summed E-state index contributed by atoms with van der Waals surface area (Å²) in [5, 5.41) is -0.495. The molecule has 0 heterocycles. The van der Waals surface area contributed by atoms with Gasteiger partial charge in [-0.05, 0) is 42.7 Å². The molecule has 19 heavy (non-hydrogen) atoms. The molecule has 0 amide bonds. The molecule has 0 spiro atoms. The number of aryl methyl sites for hydroxylation is 2. The Bertz CT molecular complexity index is 595. The summed E-state index contributed by atoms with van der Waals surface area (Å²) in [6, 6.07) is 10.7. The smallest absolute Gasteiger partial charge is 0.128 e. The van der Waals surface area contributed by atoms with Gasteiger partial charge in [0.25, 0.3) is 0 Å². The van der Waals surface area contributed by atoms with E-state index in [-0.39, 0.29) is 5.82 Å². The summed E-state index contributed by atoms with van der Waals surface area (Å²) in [6.07, 6.45) is 0. The van der Waals surface area contributed by atoms with Crippen molar-refractivity contribution in [1.82, 2.24) is 0 Å². The molecule has 2 aromatic carbocycles. The fourth-order valence-electron chi connectivity index (χ4n) is 2.08. The van der Waals surface area contributed by atoms with E-state index < -0.39 is 5.38 Å². The van der Waals surface area contributed by atoms with E-state index >= 15 is 0 Å². The summed E-state index contributed by atoms with van der Waals surface area (Å²) < 4.78 is 19.1. The van der Waals surface area contributed by atoms with Crippen LogP contribution in [0.3, 0.4) is 0 Å². The van der Waals surface area contributed by atoms with Crippen molar-refractivity contribution < 1.29 is 9.13 Å². The van der Waals surface area contributed by atoms with Gasteiger partial charge in [-0.2, -0.15) is 0 Å². The van der Waals surface area contributed by atoms with Gasteiger partial charge in [0.1, 0.15) is 11.6 Å². The number of methoxy groups -OCH3 is 1. The van der Waals surface area contributed by atoms with E-state index in [1.807, 2.05) is 38.1 Å². The first kappa shape index (κ1) is 13.9. The maximum absolute atomic E-state index is 13.9. The van der Waals surface area contributed by atoms with Gasteiger partial charge in [-0.25, -0.2) is 4.39 Å². The highest BCUT2D eigenvalue weighted by atomic mass is 35.5. The summed E-state index contributed by atoms with van der Waals surface area (Å²) in [6.45, 7) is 3.80. The van der Waals surface area contributed by atoms with Crippen LogP contribution in [0.25, 0.3) is 0 Å². The van der Waals surface area contributed by atoms with Gasteiger partial charge in [0.15, 0.2) is 0 Å². The minimum absolute atomic E-state index is 0.270. The minimum atomic E-state index is -0.495. The highest BCUT2D eigenvalue weighted by molar-refractivity contribution is 6.22. The van der Waals surface area contributed by atoms with Crippen molar-refractivity contribution in [3.63, 3.8) is 0 Å². The lowest BCUT2D eigenvalue weighted by Gasteiger charge is -2.14. The average molecular weight is 279 g/mol. The topological polar surface area (TPSA) is 9.23 Å². The Morgan fingerprint density at radius 2 is 1.84 bits per heavy atom. The van der Waals surface area contributed by atoms with E-state index in [0.717, 1.165) is 22.4 Å². The van der Waals surface area contributed by atoms with E-state index in [2.05, 4.69) is 0 Å². The Labute approximate surface area is 118 Å². The van der Waals surface area contributed by atoms with Crippen LogP contribution in [-0.4, -0.2) is 7.11 Å². The Morgan fingerprint density at radius 3 is 2.42 bits per heavy atom. The normalized spacial score (nSPS) is 12.3. The van der Waals surface area contributed by atoms with Crippen LogP contribution in [0, 0.1) is 19.7 Å². The quantitative estimate of drug-likeness (QED) is 0.734. The molecule has 0 aromatic heterocycles. The first-order valence-corrected chi connectivity index (χ1v) is 6.51.